The van der Waals surface area contributed by atoms with Gasteiger partial charge in [-0.05, 0) is 70.2 Å². The minimum absolute atomic E-state index is 0.329. The Morgan fingerprint density at radius 3 is 1.81 bits per heavy atom. The molecule has 0 amide bonds. The van der Waals surface area contributed by atoms with Crippen LogP contribution >= 0.6 is 0 Å². The zero-order valence-electron chi connectivity index (χ0n) is 18.4. The zero-order chi connectivity index (χ0) is 19.5. The van der Waals surface area contributed by atoms with Crippen molar-refractivity contribution in [2.75, 3.05) is 0 Å². The molecule has 0 N–H and O–H groups in total. The molecule has 2 aromatic carbocycles. The molecule has 0 saturated heterocycles. The third-order valence-electron chi connectivity index (χ3n) is 5.38. The highest BCUT2D eigenvalue weighted by Crippen LogP contribution is 2.37. The second-order valence-electron chi connectivity index (χ2n) is 10.8. The number of hydrogen-bond acceptors (Lipinski definition) is 0. The lowest BCUT2D eigenvalue weighted by atomic mass is 9.73. The molecule has 2 rings (SSSR count). The molecule has 0 spiro atoms. The van der Waals surface area contributed by atoms with Crippen LogP contribution in [0.3, 0.4) is 0 Å². The van der Waals surface area contributed by atoms with Crippen molar-refractivity contribution < 1.29 is 0 Å². The number of benzene rings is 2. The van der Waals surface area contributed by atoms with Crippen molar-refractivity contribution >= 4 is 10.8 Å². The lowest BCUT2D eigenvalue weighted by Gasteiger charge is -2.32. The molecular weight excluding hydrogens is 312 g/mol. The summed E-state index contributed by atoms with van der Waals surface area (Å²) >= 11 is 0. The molecule has 0 atom stereocenters. The molecular formula is C26H40. The van der Waals surface area contributed by atoms with Gasteiger partial charge in [0.05, 0.1) is 0 Å². The Kier molecular flexibility index (Phi) is 6.59. The van der Waals surface area contributed by atoms with E-state index in [4.69, 9.17) is 0 Å². The third-order valence-corrected chi connectivity index (χ3v) is 5.38. The maximum atomic E-state index is 2.44. The van der Waals surface area contributed by atoms with Crippen LogP contribution in [0, 0.1) is 22.7 Å². The van der Waals surface area contributed by atoms with E-state index in [1.165, 1.54) is 36.5 Å². The van der Waals surface area contributed by atoms with E-state index in [1.54, 1.807) is 11.1 Å². The van der Waals surface area contributed by atoms with Crippen molar-refractivity contribution in [2.45, 2.75) is 81.1 Å². The van der Waals surface area contributed by atoms with Crippen molar-refractivity contribution in [1.82, 2.24) is 0 Å². The molecule has 0 radical (unpaired) electrons. The van der Waals surface area contributed by atoms with Crippen LogP contribution in [0.2, 0.25) is 0 Å². The number of fused-ring (bicyclic) bond motifs is 1. The van der Waals surface area contributed by atoms with Gasteiger partial charge in [0.15, 0.2) is 0 Å². The Balaban J connectivity index is 2.46. The second kappa shape index (κ2) is 8.15. The van der Waals surface area contributed by atoms with Gasteiger partial charge in [0.2, 0.25) is 0 Å². The zero-order valence-corrected chi connectivity index (χ0v) is 18.4. The first-order valence-corrected chi connectivity index (χ1v) is 10.5. The van der Waals surface area contributed by atoms with E-state index >= 15 is 0 Å². The Morgan fingerprint density at radius 1 is 0.692 bits per heavy atom. The first-order chi connectivity index (χ1) is 12.0. The Hall–Kier alpha value is -1.30. The fraction of sp³-hybridized carbons (Fsp3) is 0.615. The summed E-state index contributed by atoms with van der Waals surface area (Å²) < 4.78 is 0. The predicted octanol–water partition coefficient (Wildman–Crippen LogP) is 8.07. The van der Waals surface area contributed by atoms with Gasteiger partial charge in [-0.1, -0.05) is 91.8 Å². The standard InChI is InChI=1S/C26H40/c1-19(2)15-25(5,6)17-22-14-13-21-11-9-10-12-23(21)24(22)18-26(7,8)16-20(3)4/h9-14,19-20H,15-18H2,1-8H3. The summed E-state index contributed by atoms with van der Waals surface area (Å²) in [6.45, 7) is 19.1. The van der Waals surface area contributed by atoms with Gasteiger partial charge in [-0.15, -0.1) is 0 Å². The van der Waals surface area contributed by atoms with E-state index in [1.807, 2.05) is 0 Å². The predicted molar refractivity (Wildman–Crippen MR) is 118 cm³/mol. The monoisotopic (exact) mass is 352 g/mol. The molecule has 2 aromatic rings. The number of rotatable bonds is 8. The van der Waals surface area contributed by atoms with Crippen molar-refractivity contribution in [3.05, 3.63) is 47.5 Å². The topological polar surface area (TPSA) is 0 Å². The fourth-order valence-corrected chi connectivity index (χ4v) is 5.10. The molecule has 0 aliphatic heterocycles. The Morgan fingerprint density at radius 2 is 1.23 bits per heavy atom. The average molecular weight is 353 g/mol. The minimum atomic E-state index is 0.329. The van der Waals surface area contributed by atoms with E-state index in [2.05, 4.69) is 91.8 Å². The summed E-state index contributed by atoms with van der Waals surface area (Å²) in [6.07, 6.45) is 4.88. The average Bonchev–Trinajstić information content (AvgIpc) is 2.46. The molecule has 0 saturated carbocycles. The second-order valence-corrected chi connectivity index (χ2v) is 10.8. The normalized spacial score (nSPS) is 13.2. The third kappa shape index (κ3) is 5.86. The summed E-state index contributed by atoms with van der Waals surface area (Å²) in [5.74, 6) is 1.48. The first-order valence-electron chi connectivity index (χ1n) is 10.5. The Bertz CT molecular complexity index is 716. The van der Waals surface area contributed by atoms with E-state index in [9.17, 15) is 0 Å². The van der Waals surface area contributed by atoms with Gasteiger partial charge in [0, 0.05) is 0 Å². The molecule has 0 aromatic heterocycles. The summed E-state index contributed by atoms with van der Waals surface area (Å²) in [6, 6.07) is 13.7. The van der Waals surface area contributed by atoms with Crippen LogP contribution < -0.4 is 0 Å². The molecule has 0 aliphatic carbocycles. The maximum absolute atomic E-state index is 2.44. The summed E-state index contributed by atoms with van der Waals surface area (Å²) in [4.78, 5) is 0. The van der Waals surface area contributed by atoms with Crippen LogP contribution in [0.1, 0.15) is 79.4 Å². The summed E-state index contributed by atoms with van der Waals surface area (Å²) in [5, 5.41) is 2.84. The van der Waals surface area contributed by atoms with Crippen LogP contribution in [0.4, 0.5) is 0 Å². The summed E-state index contributed by atoms with van der Waals surface area (Å²) in [5.41, 5.74) is 3.82. The van der Waals surface area contributed by atoms with Crippen LogP contribution in [0.15, 0.2) is 36.4 Å². The van der Waals surface area contributed by atoms with Gasteiger partial charge in [-0.25, -0.2) is 0 Å². The van der Waals surface area contributed by atoms with E-state index in [0.717, 1.165) is 11.8 Å². The van der Waals surface area contributed by atoms with Crippen molar-refractivity contribution in [3.8, 4) is 0 Å². The quantitative estimate of drug-likeness (QED) is 0.450. The molecule has 0 aliphatic rings. The van der Waals surface area contributed by atoms with E-state index in [-0.39, 0.29) is 0 Å². The van der Waals surface area contributed by atoms with Crippen LogP contribution in [-0.2, 0) is 12.8 Å². The molecule has 0 heteroatoms. The highest BCUT2D eigenvalue weighted by Gasteiger charge is 2.26. The largest absolute Gasteiger partial charge is 0.0628 e. The molecule has 0 nitrogen and oxygen atoms in total. The van der Waals surface area contributed by atoms with Gasteiger partial charge >= 0.3 is 0 Å². The highest BCUT2D eigenvalue weighted by atomic mass is 14.3. The van der Waals surface area contributed by atoms with Gasteiger partial charge < -0.3 is 0 Å². The maximum Gasteiger partial charge on any atom is -0.0149 e. The minimum Gasteiger partial charge on any atom is -0.0628 e. The fourth-order valence-electron chi connectivity index (χ4n) is 5.10. The smallest absolute Gasteiger partial charge is 0.0149 e. The van der Waals surface area contributed by atoms with Gasteiger partial charge in [-0.3, -0.25) is 0 Å². The highest BCUT2D eigenvalue weighted by molar-refractivity contribution is 5.87. The van der Waals surface area contributed by atoms with E-state index < -0.39 is 0 Å². The van der Waals surface area contributed by atoms with Crippen molar-refractivity contribution in [3.63, 3.8) is 0 Å². The van der Waals surface area contributed by atoms with Crippen LogP contribution in [0.25, 0.3) is 10.8 Å². The molecule has 144 valence electrons. The molecule has 0 unspecified atom stereocenters. The van der Waals surface area contributed by atoms with Gasteiger partial charge in [0.25, 0.3) is 0 Å². The molecule has 0 heterocycles. The van der Waals surface area contributed by atoms with Crippen molar-refractivity contribution in [2.24, 2.45) is 22.7 Å². The van der Waals surface area contributed by atoms with Gasteiger partial charge in [-0.2, -0.15) is 0 Å². The molecule has 0 bridgehead atoms. The number of hydrogen-bond donors (Lipinski definition) is 0. The lowest BCUT2D eigenvalue weighted by Crippen LogP contribution is -2.22. The molecule has 0 fully saturated rings. The molecule has 26 heavy (non-hydrogen) atoms. The van der Waals surface area contributed by atoms with Crippen LogP contribution in [-0.4, -0.2) is 0 Å². The lowest BCUT2D eigenvalue weighted by molar-refractivity contribution is 0.274. The SMILES string of the molecule is CC(C)CC(C)(C)Cc1ccc2ccccc2c1CC(C)(C)CC(C)C. The van der Waals surface area contributed by atoms with Crippen molar-refractivity contribution in [1.29, 1.82) is 0 Å². The van der Waals surface area contributed by atoms with Gasteiger partial charge in [0.1, 0.15) is 0 Å². The van der Waals surface area contributed by atoms with E-state index in [0.29, 0.717) is 10.8 Å². The Labute approximate surface area is 162 Å². The summed E-state index contributed by atoms with van der Waals surface area (Å²) in [7, 11) is 0. The first kappa shape index (κ1) is 21.0. The van der Waals surface area contributed by atoms with Crippen LogP contribution in [0.5, 0.6) is 0 Å².